The summed E-state index contributed by atoms with van der Waals surface area (Å²) in [5.41, 5.74) is 0.791. The summed E-state index contributed by atoms with van der Waals surface area (Å²) in [4.78, 5) is 0. The molecule has 0 fully saturated rings. The van der Waals surface area contributed by atoms with Crippen LogP contribution in [0.1, 0.15) is 25.5 Å². The summed E-state index contributed by atoms with van der Waals surface area (Å²) in [6.45, 7) is 4.17. The van der Waals surface area contributed by atoms with Crippen LogP contribution in [0.2, 0.25) is 0 Å². The van der Waals surface area contributed by atoms with Crippen LogP contribution in [0.25, 0.3) is 0 Å². The first-order valence-corrected chi connectivity index (χ1v) is 6.77. The Labute approximate surface area is 119 Å². The third-order valence-corrected chi connectivity index (χ3v) is 2.77. The van der Waals surface area contributed by atoms with Crippen LogP contribution in [0.15, 0.2) is 54.6 Å². The highest BCUT2D eigenvalue weighted by Gasteiger charge is 2.10. The predicted octanol–water partition coefficient (Wildman–Crippen LogP) is 3.59. The molecule has 0 radical (unpaired) electrons. The molecule has 0 spiro atoms. The maximum absolute atomic E-state index is 10.2. The molecule has 0 bridgehead atoms. The number of para-hydroxylation sites is 1. The third kappa shape index (κ3) is 4.28. The van der Waals surface area contributed by atoms with Gasteiger partial charge in [-0.3, -0.25) is 0 Å². The summed E-state index contributed by atoms with van der Waals surface area (Å²) in [7, 11) is 0. The van der Waals surface area contributed by atoms with E-state index in [2.05, 4.69) is 0 Å². The first-order chi connectivity index (χ1) is 9.65. The Kier molecular flexibility index (Phi) is 5.02. The maximum atomic E-state index is 10.2. The average molecular weight is 272 g/mol. The first kappa shape index (κ1) is 14.4. The molecule has 0 saturated heterocycles. The van der Waals surface area contributed by atoms with E-state index in [9.17, 15) is 5.11 Å². The maximum Gasteiger partial charge on any atom is 0.120 e. The fraction of sp³-hybridized carbons (Fsp3) is 0.294. The van der Waals surface area contributed by atoms with Gasteiger partial charge in [0.05, 0.1) is 6.10 Å². The molecular weight excluding hydrogens is 252 g/mol. The van der Waals surface area contributed by atoms with E-state index >= 15 is 0 Å². The fourth-order valence-corrected chi connectivity index (χ4v) is 1.86. The molecule has 0 aromatic heterocycles. The van der Waals surface area contributed by atoms with Gasteiger partial charge < -0.3 is 14.6 Å². The molecule has 3 heteroatoms. The highest BCUT2D eigenvalue weighted by molar-refractivity contribution is 5.30. The van der Waals surface area contributed by atoms with Gasteiger partial charge in [-0.2, -0.15) is 0 Å². The van der Waals surface area contributed by atoms with Gasteiger partial charge in [0.1, 0.15) is 24.2 Å². The minimum atomic E-state index is -0.675. The molecule has 2 rings (SSSR count). The van der Waals surface area contributed by atoms with Gasteiger partial charge in [-0.25, -0.2) is 0 Å². The Morgan fingerprint density at radius 1 is 0.950 bits per heavy atom. The van der Waals surface area contributed by atoms with Crippen LogP contribution in [-0.2, 0) is 0 Å². The number of benzene rings is 2. The van der Waals surface area contributed by atoms with E-state index in [-0.39, 0.29) is 12.7 Å². The van der Waals surface area contributed by atoms with Gasteiger partial charge in [-0.05, 0) is 43.7 Å². The monoisotopic (exact) mass is 272 g/mol. The second-order valence-electron chi connectivity index (χ2n) is 4.88. The average Bonchev–Trinajstić information content (AvgIpc) is 2.45. The van der Waals surface area contributed by atoms with Crippen molar-refractivity contribution in [2.75, 3.05) is 6.61 Å². The Hall–Kier alpha value is -2.00. The van der Waals surface area contributed by atoms with Crippen LogP contribution >= 0.6 is 0 Å². The van der Waals surface area contributed by atoms with Crippen molar-refractivity contribution in [2.45, 2.75) is 26.1 Å². The Morgan fingerprint density at radius 3 is 2.35 bits per heavy atom. The van der Waals surface area contributed by atoms with Crippen molar-refractivity contribution in [3.63, 3.8) is 0 Å². The van der Waals surface area contributed by atoms with Crippen molar-refractivity contribution in [3.8, 4) is 11.5 Å². The second-order valence-corrected chi connectivity index (χ2v) is 4.88. The van der Waals surface area contributed by atoms with Gasteiger partial charge in [0.25, 0.3) is 0 Å². The van der Waals surface area contributed by atoms with Crippen LogP contribution in [0, 0.1) is 0 Å². The van der Waals surface area contributed by atoms with Crippen LogP contribution in [-0.4, -0.2) is 17.8 Å². The zero-order valence-corrected chi connectivity index (χ0v) is 11.8. The number of hydrogen-bond acceptors (Lipinski definition) is 3. The molecule has 0 aliphatic heterocycles. The molecule has 106 valence electrons. The molecule has 1 atom stereocenters. The largest absolute Gasteiger partial charge is 0.491 e. The molecule has 0 saturated carbocycles. The van der Waals surface area contributed by atoms with Crippen molar-refractivity contribution < 1.29 is 14.6 Å². The summed E-state index contributed by atoms with van der Waals surface area (Å²) < 4.78 is 11.2. The van der Waals surface area contributed by atoms with Gasteiger partial charge in [-0.15, -0.1) is 0 Å². The van der Waals surface area contributed by atoms with Gasteiger partial charge in [0.2, 0.25) is 0 Å². The van der Waals surface area contributed by atoms with Crippen molar-refractivity contribution in [2.24, 2.45) is 0 Å². The second kappa shape index (κ2) is 6.96. The minimum Gasteiger partial charge on any atom is -0.491 e. The Bertz CT molecular complexity index is 523. The molecule has 20 heavy (non-hydrogen) atoms. The summed E-state index contributed by atoms with van der Waals surface area (Å²) >= 11 is 0. The van der Waals surface area contributed by atoms with Crippen molar-refractivity contribution in [1.29, 1.82) is 0 Å². The van der Waals surface area contributed by atoms with Crippen molar-refractivity contribution >= 4 is 0 Å². The number of aliphatic hydroxyl groups excluding tert-OH is 1. The molecule has 0 aliphatic carbocycles. The lowest BCUT2D eigenvalue weighted by atomic mass is 10.1. The molecule has 3 nitrogen and oxygen atoms in total. The third-order valence-electron chi connectivity index (χ3n) is 2.77. The summed E-state index contributed by atoms with van der Waals surface area (Å²) in [5, 5.41) is 10.2. The first-order valence-electron chi connectivity index (χ1n) is 6.77. The van der Waals surface area contributed by atoms with E-state index in [1.807, 2.05) is 68.4 Å². The topological polar surface area (TPSA) is 38.7 Å². The normalized spacial score (nSPS) is 12.2. The van der Waals surface area contributed by atoms with Crippen molar-refractivity contribution in [3.05, 3.63) is 60.2 Å². The molecular formula is C17H20O3. The number of hydrogen-bond donors (Lipinski definition) is 1. The standard InChI is InChI=1S/C17H20O3/c1-13(2)20-16-10-6-7-14(11-16)17(18)12-19-15-8-4-3-5-9-15/h3-11,13,17-18H,12H2,1-2H3. The molecule has 2 aromatic rings. The summed E-state index contributed by atoms with van der Waals surface area (Å²) in [6.07, 6.45) is -0.561. The molecule has 0 amide bonds. The van der Waals surface area contributed by atoms with Gasteiger partial charge >= 0.3 is 0 Å². The van der Waals surface area contributed by atoms with E-state index in [1.54, 1.807) is 0 Å². The molecule has 0 aliphatic rings. The number of ether oxygens (including phenoxy) is 2. The quantitative estimate of drug-likeness (QED) is 0.873. The molecule has 1 N–H and O–H groups in total. The van der Waals surface area contributed by atoms with E-state index in [0.29, 0.717) is 0 Å². The van der Waals surface area contributed by atoms with Crippen LogP contribution in [0.4, 0.5) is 0 Å². The highest BCUT2D eigenvalue weighted by atomic mass is 16.5. The summed E-state index contributed by atoms with van der Waals surface area (Å²) in [6, 6.07) is 16.9. The van der Waals surface area contributed by atoms with Gasteiger partial charge in [0, 0.05) is 0 Å². The smallest absolute Gasteiger partial charge is 0.120 e. The Balaban J connectivity index is 1.96. The lowest BCUT2D eigenvalue weighted by Crippen LogP contribution is -2.10. The zero-order chi connectivity index (χ0) is 14.4. The lowest BCUT2D eigenvalue weighted by Gasteiger charge is -2.15. The van der Waals surface area contributed by atoms with Crippen LogP contribution in [0.3, 0.4) is 0 Å². The predicted molar refractivity (Wildman–Crippen MR) is 79.1 cm³/mol. The number of aliphatic hydroxyl groups is 1. The lowest BCUT2D eigenvalue weighted by molar-refractivity contribution is 0.108. The van der Waals surface area contributed by atoms with E-state index < -0.39 is 6.10 Å². The molecule has 1 unspecified atom stereocenters. The van der Waals surface area contributed by atoms with Crippen LogP contribution in [0.5, 0.6) is 11.5 Å². The van der Waals surface area contributed by atoms with E-state index in [0.717, 1.165) is 17.1 Å². The van der Waals surface area contributed by atoms with Gasteiger partial charge in [0.15, 0.2) is 0 Å². The van der Waals surface area contributed by atoms with Crippen molar-refractivity contribution in [1.82, 2.24) is 0 Å². The highest BCUT2D eigenvalue weighted by Crippen LogP contribution is 2.21. The molecule has 2 aromatic carbocycles. The van der Waals surface area contributed by atoms with E-state index in [4.69, 9.17) is 9.47 Å². The number of rotatable bonds is 6. The van der Waals surface area contributed by atoms with E-state index in [1.165, 1.54) is 0 Å². The Morgan fingerprint density at radius 2 is 1.65 bits per heavy atom. The minimum absolute atomic E-state index is 0.114. The van der Waals surface area contributed by atoms with Gasteiger partial charge in [-0.1, -0.05) is 30.3 Å². The summed E-state index contributed by atoms with van der Waals surface area (Å²) in [5.74, 6) is 1.51. The zero-order valence-electron chi connectivity index (χ0n) is 11.8. The SMILES string of the molecule is CC(C)Oc1cccc(C(O)COc2ccccc2)c1. The van der Waals surface area contributed by atoms with Crippen LogP contribution < -0.4 is 9.47 Å². The molecule has 0 heterocycles. The fourth-order valence-electron chi connectivity index (χ4n) is 1.86.